The van der Waals surface area contributed by atoms with E-state index in [2.05, 4.69) is 11.9 Å². The predicted octanol–water partition coefficient (Wildman–Crippen LogP) is 0.194. The lowest BCUT2D eigenvalue weighted by Gasteiger charge is -2.07. The molecule has 2 saturated heterocycles. The molecule has 0 aromatic heterocycles. The van der Waals surface area contributed by atoms with E-state index in [0.717, 1.165) is 25.0 Å². The molecule has 2 atom stereocenters. The fourth-order valence-corrected chi connectivity index (χ4v) is 1.92. The van der Waals surface area contributed by atoms with Crippen molar-refractivity contribution in [1.82, 2.24) is 4.90 Å². The number of hydrogen-bond acceptors (Lipinski definition) is 2. The standard InChI is InChI=1S/C7H13NO/c1-8-2-6-4-9-5-7(6)3-8/h6-7H,2-5H2,1H3/t6-,7-/m0/s1. The molecule has 0 unspecified atom stereocenters. The Hall–Kier alpha value is -0.0800. The van der Waals surface area contributed by atoms with Crippen LogP contribution in [0.5, 0.6) is 0 Å². The van der Waals surface area contributed by atoms with Gasteiger partial charge < -0.3 is 9.64 Å². The molecule has 0 amide bonds. The van der Waals surface area contributed by atoms with Crippen LogP contribution in [0.4, 0.5) is 0 Å². The Balaban J connectivity index is 2.02. The molecule has 2 nitrogen and oxygen atoms in total. The van der Waals surface area contributed by atoms with E-state index in [1.54, 1.807) is 0 Å². The second-order valence-electron chi connectivity index (χ2n) is 3.28. The van der Waals surface area contributed by atoms with Crippen LogP contribution in [-0.2, 0) is 4.74 Å². The summed E-state index contributed by atoms with van der Waals surface area (Å²) < 4.78 is 5.33. The van der Waals surface area contributed by atoms with E-state index in [9.17, 15) is 0 Å². The zero-order valence-corrected chi connectivity index (χ0v) is 5.84. The third kappa shape index (κ3) is 0.864. The van der Waals surface area contributed by atoms with Crippen molar-refractivity contribution in [1.29, 1.82) is 0 Å². The molecule has 2 aliphatic heterocycles. The maximum Gasteiger partial charge on any atom is 0.0510 e. The molecule has 0 saturated carbocycles. The maximum absolute atomic E-state index is 5.33. The van der Waals surface area contributed by atoms with Gasteiger partial charge >= 0.3 is 0 Å². The summed E-state index contributed by atoms with van der Waals surface area (Å²) in [6.45, 7) is 4.53. The number of fused-ring (bicyclic) bond motifs is 1. The maximum atomic E-state index is 5.33. The van der Waals surface area contributed by atoms with Gasteiger partial charge in [0.25, 0.3) is 0 Å². The Morgan fingerprint density at radius 1 is 1.22 bits per heavy atom. The molecule has 0 N–H and O–H groups in total. The normalized spacial score (nSPS) is 43.7. The lowest BCUT2D eigenvalue weighted by atomic mass is 10.0. The summed E-state index contributed by atoms with van der Waals surface area (Å²) >= 11 is 0. The molecule has 52 valence electrons. The summed E-state index contributed by atoms with van der Waals surface area (Å²) in [4.78, 5) is 2.40. The third-order valence-corrected chi connectivity index (χ3v) is 2.42. The molecule has 2 heteroatoms. The zero-order chi connectivity index (χ0) is 6.27. The molecule has 0 radical (unpaired) electrons. The van der Waals surface area contributed by atoms with Gasteiger partial charge in [-0.15, -0.1) is 0 Å². The minimum absolute atomic E-state index is 0.856. The first kappa shape index (κ1) is 5.69. The lowest BCUT2D eigenvalue weighted by Crippen LogP contribution is -2.16. The fraction of sp³-hybridized carbons (Fsp3) is 1.00. The quantitative estimate of drug-likeness (QED) is 0.460. The van der Waals surface area contributed by atoms with Crippen LogP contribution < -0.4 is 0 Å². The number of nitrogens with zero attached hydrogens (tertiary/aromatic N) is 1. The van der Waals surface area contributed by atoms with Gasteiger partial charge in [-0.05, 0) is 7.05 Å². The van der Waals surface area contributed by atoms with Crippen molar-refractivity contribution in [3.05, 3.63) is 0 Å². The predicted molar refractivity (Wildman–Crippen MR) is 35.3 cm³/mol. The molecular weight excluding hydrogens is 114 g/mol. The third-order valence-electron chi connectivity index (χ3n) is 2.42. The van der Waals surface area contributed by atoms with Crippen LogP contribution >= 0.6 is 0 Å². The minimum atomic E-state index is 0.856. The second kappa shape index (κ2) is 1.96. The first-order chi connectivity index (χ1) is 4.36. The Labute approximate surface area is 55.8 Å². The molecule has 2 rings (SSSR count). The van der Waals surface area contributed by atoms with E-state index in [1.807, 2.05) is 0 Å². The highest BCUT2D eigenvalue weighted by molar-refractivity contribution is 4.85. The monoisotopic (exact) mass is 127 g/mol. The average Bonchev–Trinajstić information content (AvgIpc) is 2.22. The molecule has 0 aromatic rings. The summed E-state index contributed by atoms with van der Waals surface area (Å²) in [5, 5.41) is 0. The highest BCUT2D eigenvalue weighted by Crippen LogP contribution is 2.27. The summed E-state index contributed by atoms with van der Waals surface area (Å²) in [7, 11) is 2.19. The first-order valence-electron chi connectivity index (χ1n) is 3.62. The topological polar surface area (TPSA) is 12.5 Å². The van der Waals surface area contributed by atoms with E-state index in [1.165, 1.54) is 13.1 Å². The smallest absolute Gasteiger partial charge is 0.0510 e. The number of likely N-dealkylation sites (tertiary alicyclic amines) is 1. The van der Waals surface area contributed by atoms with Crippen LogP contribution in [0.1, 0.15) is 0 Å². The molecule has 0 aromatic carbocycles. The Bertz CT molecular complexity index is 103. The van der Waals surface area contributed by atoms with Gasteiger partial charge in [0, 0.05) is 24.9 Å². The van der Waals surface area contributed by atoms with E-state index in [4.69, 9.17) is 4.74 Å². The van der Waals surface area contributed by atoms with Crippen molar-refractivity contribution in [3.63, 3.8) is 0 Å². The largest absolute Gasteiger partial charge is 0.381 e. The summed E-state index contributed by atoms with van der Waals surface area (Å²) in [6.07, 6.45) is 0. The Morgan fingerprint density at radius 2 is 1.78 bits per heavy atom. The average molecular weight is 127 g/mol. The summed E-state index contributed by atoms with van der Waals surface area (Å²) in [5.41, 5.74) is 0. The highest BCUT2D eigenvalue weighted by atomic mass is 16.5. The van der Waals surface area contributed by atoms with E-state index < -0.39 is 0 Å². The van der Waals surface area contributed by atoms with Crippen LogP contribution in [0.2, 0.25) is 0 Å². The lowest BCUT2D eigenvalue weighted by molar-refractivity contribution is 0.160. The molecule has 9 heavy (non-hydrogen) atoms. The summed E-state index contributed by atoms with van der Waals surface area (Å²) in [6, 6.07) is 0. The summed E-state index contributed by atoms with van der Waals surface area (Å²) in [5.74, 6) is 1.71. The van der Waals surface area contributed by atoms with Crippen molar-refractivity contribution in [2.75, 3.05) is 33.4 Å². The Morgan fingerprint density at radius 3 is 2.33 bits per heavy atom. The second-order valence-corrected chi connectivity index (χ2v) is 3.28. The van der Waals surface area contributed by atoms with Crippen molar-refractivity contribution in [2.24, 2.45) is 11.8 Å². The molecule has 0 bridgehead atoms. The molecular formula is C7H13NO. The number of ether oxygens (including phenoxy) is 1. The van der Waals surface area contributed by atoms with Gasteiger partial charge in [0.1, 0.15) is 0 Å². The van der Waals surface area contributed by atoms with Gasteiger partial charge in [0.15, 0.2) is 0 Å². The van der Waals surface area contributed by atoms with Gasteiger partial charge in [-0.2, -0.15) is 0 Å². The van der Waals surface area contributed by atoms with Gasteiger partial charge in [-0.25, -0.2) is 0 Å². The molecule has 2 heterocycles. The molecule has 2 fully saturated rings. The van der Waals surface area contributed by atoms with Crippen LogP contribution in [0.25, 0.3) is 0 Å². The van der Waals surface area contributed by atoms with Crippen molar-refractivity contribution >= 4 is 0 Å². The van der Waals surface area contributed by atoms with E-state index >= 15 is 0 Å². The minimum Gasteiger partial charge on any atom is -0.381 e. The van der Waals surface area contributed by atoms with Gasteiger partial charge in [0.2, 0.25) is 0 Å². The zero-order valence-electron chi connectivity index (χ0n) is 5.84. The van der Waals surface area contributed by atoms with E-state index in [0.29, 0.717) is 0 Å². The van der Waals surface area contributed by atoms with Crippen LogP contribution in [-0.4, -0.2) is 38.3 Å². The SMILES string of the molecule is CN1C[C@H]2COC[C@@H]2C1. The Kier molecular flexibility index (Phi) is 1.24. The van der Waals surface area contributed by atoms with E-state index in [-0.39, 0.29) is 0 Å². The van der Waals surface area contributed by atoms with Gasteiger partial charge in [-0.3, -0.25) is 0 Å². The molecule has 0 aliphatic carbocycles. The van der Waals surface area contributed by atoms with Crippen LogP contribution in [0.15, 0.2) is 0 Å². The molecule has 2 aliphatic rings. The molecule has 0 spiro atoms. The van der Waals surface area contributed by atoms with Crippen molar-refractivity contribution < 1.29 is 4.74 Å². The van der Waals surface area contributed by atoms with Crippen molar-refractivity contribution in [2.45, 2.75) is 0 Å². The van der Waals surface area contributed by atoms with Gasteiger partial charge in [-0.1, -0.05) is 0 Å². The first-order valence-corrected chi connectivity index (χ1v) is 3.62. The van der Waals surface area contributed by atoms with Gasteiger partial charge in [0.05, 0.1) is 13.2 Å². The fourth-order valence-electron chi connectivity index (χ4n) is 1.92. The number of hydrogen-bond donors (Lipinski definition) is 0. The van der Waals surface area contributed by atoms with Crippen LogP contribution in [0.3, 0.4) is 0 Å². The van der Waals surface area contributed by atoms with Crippen molar-refractivity contribution in [3.8, 4) is 0 Å². The number of rotatable bonds is 0. The highest BCUT2D eigenvalue weighted by Gasteiger charge is 2.35. The van der Waals surface area contributed by atoms with Crippen LogP contribution in [0, 0.1) is 11.8 Å².